The molecule has 1 saturated heterocycles. The van der Waals surface area contributed by atoms with Crippen LogP contribution in [0.15, 0.2) is 121 Å². The molecule has 0 bridgehead atoms. The van der Waals surface area contributed by atoms with Gasteiger partial charge in [0, 0.05) is 6.42 Å². The van der Waals surface area contributed by atoms with Crippen molar-refractivity contribution >= 4 is 5.78 Å². The van der Waals surface area contributed by atoms with Gasteiger partial charge in [-0.3, -0.25) is 4.79 Å². The first-order valence-electron chi connectivity index (χ1n) is 15.5. The third-order valence-electron chi connectivity index (χ3n) is 8.84. The van der Waals surface area contributed by atoms with E-state index in [0.717, 1.165) is 22.3 Å². The second-order valence-electron chi connectivity index (χ2n) is 12.0. The standard InChI is InChI=1S/C38H40O7/c1-37(40)33(39)22-38(37)36(44-26-31-20-12-5-13-21-31)35(43-25-30-18-10-4-11-19-30)34(42-24-29-16-8-3-9-17-29)32(45-38)27-41-23-28-14-6-2-7-15-28/h2-21,32,34-36,40H,22-27H2,1H3/t32-,34-,35+,36-,37-,38-/m1/s1. The lowest BCUT2D eigenvalue weighted by molar-refractivity contribution is -0.353. The molecule has 0 unspecified atom stereocenters. The first kappa shape index (κ1) is 31.3. The molecule has 4 aromatic rings. The van der Waals surface area contributed by atoms with Crippen molar-refractivity contribution in [3.8, 4) is 0 Å². The maximum absolute atomic E-state index is 12.9. The van der Waals surface area contributed by atoms with Gasteiger partial charge in [-0.05, 0) is 29.2 Å². The fraction of sp³-hybridized carbons (Fsp3) is 0.342. The summed E-state index contributed by atoms with van der Waals surface area (Å²) in [5.74, 6) is -0.301. The van der Waals surface area contributed by atoms with Gasteiger partial charge in [0.2, 0.25) is 0 Å². The fourth-order valence-electron chi connectivity index (χ4n) is 6.20. The molecule has 2 aliphatic rings. The zero-order chi connectivity index (χ0) is 31.1. The molecule has 1 N–H and O–H groups in total. The minimum atomic E-state index is -1.79. The number of hydrogen-bond acceptors (Lipinski definition) is 7. The van der Waals surface area contributed by atoms with E-state index < -0.39 is 35.6 Å². The van der Waals surface area contributed by atoms with Gasteiger partial charge in [0.25, 0.3) is 0 Å². The minimum absolute atomic E-state index is 0.00869. The Kier molecular flexibility index (Phi) is 9.85. The number of ketones is 1. The van der Waals surface area contributed by atoms with Crippen molar-refractivity contribution in [2.45, 2.75) is 75.4 Å². The second kappa shape index (κ2) is 14.2. The average Bonchev–Trinajstić information content (AvgIpc) is 3.08. The van der Waals surface area contributed by atoms with Gasteiger partial charge in [0.15, 0.2) is 11.4 Å². The van der Waals surface area contributed by atoms with Crippen molar-refractivity contribution in [3.05, 3.63) is 144 Å². The van der Waals surface area contributed by atoms with Crippen molar-refractivity contribution < 1.29 is 33.6 Å². The van der Waals surface area contributed by atoms with E-state index in [2.05, 4.69) is 0 Å². The van der Waals surface area contributed by atoms with Gasteiger partial charge in [0.1, 0.15) is 30.0 Å². The Morgan fingerprint density at radius 3 is 1.51 bits per heavy atom. The molecule has 4 aromatic carbocycles. The summed E-state index contributed by atoms with van der Waals surface area (Å²) >= 11 is 0. The van der Waals surface area contributed by atoms with E-state index in [1.54, 1.807) is 0 Å². The van der Waals surface area contributed by atoms with Crippen LogP contribution in [0.1, 0.15) is 35.6 Å². The monoisotopic (exact) mass is 608 g/mol. The minimum Gasteiger partial charge on any atom is -0.379 e. The molecule has 7 nitrogen and oxygen atoms in total. The van der Waals surface area contributed by atoms with Crippen LogP contribution in [0.3, 0.4) is 0 Å². The summed E-state index contributed by atoms with van der Waals surface area (Å²) in [6.07, 6.45) is -2.82. The maximum Gasteiger partial charge on any atom is 0.170 e. The summed E-state index contributed by atoms with van der Waals surface area (Å²) in [5, 5.41) is 11.7. The Balaban J connectivity index is 1.34. The second-order valence-corrected chi connectivity index (χ2v) is 12.0. The number of carbonyl (C=O) groups excluding carboxylic acids is 1. The third-order valence-corrected chi connectivity index (χ3v) is 8.84. The summed E-state index contributed by atoms with van der Waals surface area (Å²) in [7, 11) is 0. The van der Waals surface area contributed by atoms with Crippen LogP contribution in [-0.2, 0) is 54.9 Å². The molecule has 1 aliphatic heterocycles. The predicted octanol–water partition coefficient (Wildman–Crippen LogP) is 5.82. The number of hydrogen-bond donors (Lipinski definition) is 1. The van der Waals surface area contributed by atoms with Crippen LogP contribution in [0.25, 0.3) is 0 Å². The Hall–Kier alpha value is -3.69. The predicted molar refractivity (Wildman–Crippen MR) is 169 cm³/mol. The highest BCUT2D eigenvalue weighted by atomic mass is 16.6. The molecule has 7 heteroatoms. The topological polar surface area (TPSA) is 83.5 Å². The summed E-state index contributed by atoms with van der Waals surface area (Å²) in [6, 6.07) is 39.5. The van der Waals surface area contributed by atoms with E-state index in [1.165, 1.54) is 6.92 Å². The van der Waals surface area contributed by atoms with E-state index >= 15 is 0 Å². The SMILES string of the molecule is C[C@@]1(O)C(=O)C[C@]12O[C@H](COCc1ccccc1)[C@@H](OCc1ccccc1)[C@H](OCc1ccccc1)[C@H]2OCc1ccccc1. The van der Waals surface area contributed by atoms with Gasteiger partial charge < -0.3 is 28.8 Å². The molecule has 2 fully saturated rings. The maximum atomic E-state index is 12.9. The highest BCUT2D eigenvalue weighted by Crippen LogP contribution is 2.52. The average molecular weight is 609 g/mol. The van der Waals surface area contributed by atoms with Crippen LogP contribution in [0.2, 0.25) is 0 Å². The van der Waals surface area contributed by atoms with Crippen molar-refractivity contribution in [1.29, 1.82) is 0 Å². The Morgan fingerprint density at radius 1 is 0.644 bits per heavy atom. The highest BCUT2D eigenvalue weighted by molar-refractivity contribution is 5.96. The number of carbonyl (C=O) groups is 1. The first-order valence-corrected chi connectivity index (χ1v) is 15.5. The molecule has 0 amide bonds. The molecule has 6 atom stereocenters. The number of aliphatic hydroxyl groups is 1. The lowest BCUT2D eigenvalue weighted by atomic mass is 9.59. The number of ether oxygens (including phenoxy) is 5. The zero-order valence-corrected chi connectivity index (χ0v) is 25.5. The normalized spacial score (nSPS) is 27.7. The van der Waals surface area contributed by atoms with Crippen molar-refractivity contribution in [3.63, 3.8) is 0 Å². The van der Waals surface area contributed by atoms with Gasteiger partial charge in [-0.25, -0.2) is 0 Å². The van der Waals surface area contributed by atoms with Gasteiger partial charge in [-0.2, -0.15) is 0 Å². The molecule has 234 valence electrons. The molecule has 1 heterocycles. The quantitative estimate of drug-likeness (QED) is 0.205. The van der Waals surface area contributed by atoms with Crippen LogP contribution in [0.4, 0.5) is 0 Å². The number of benzene rings is 4. The molecular formula is C38H40O7. The van der Waals surface area contributed by atoms with Crippen LogP contribution in [0.5, 0.6) is 0 Å². The molecule has 1 spiro atoms. The van der Waals surface area contributed by atoms with Gasteiger partial charge in [-0.1, -0.05) is 121 Å². The van der Waals surface area contributed by atoms with Crippen molar-refractivity contribution in [1.82, 2.24) is 0 Å². The van der Waals surface area contributed by atoms with E-state index in [0.29, 0.717) is 13.2 Å². The van der Waals surface area contributed by atoms with E-state index in [1.807, 2.05) is 121 Å². The van der Waals surface area contributed by atoms with Crippen LogP contribution < -0.4 is 0 Å². The Bertz CT molecular complexity index is 1500. The largest absolute Gasteiger partial charge is 0.379 e. The lowest BCUT2D eigenvalue weighted by Crippen LogP contribution is -2.81. The lowest BCUT2D eigenvalue weighted by Gasteiger charge is -2.61. The zero-order valence-electron chi connectivity index (χ0n) is 25.5. The van der Waals surface area contributed by atoms with Crippen LogP contribution in [-0.4, -0.2) is 53.1 Å². The first-order chi connectivity index (χ1) is 22.0. The van der Waals surface area contributed by atoms with Crippen LogP contribution >= 0.6 is 0 Å². The van der Waals surface area contributed by atoms with Crippen LogP contribution in [0, 0.1) is 0 Å². The molecule has 0 aromatic heterocycles. The van der Waals surface area contributed by atoms with E-state index in [9.17, 15) is 9.90 Å². The van der Waals surface area contributed by atoms with Gasteiger partial charge in [0.05, 0.1) is 33.0 Å². The molecular weight excluding hydrogens is 568 g/mol. The van der Waals surface area contributed by atoms with Crippen molar-refractivity contribution in [2.24, 2.45) is 0 Å². The third kappa shape index (κ3) is 6.94. The highest BCUT2D eigenvalue weighted by Gasteiger charge is 2.73. The molecule has 1 saturated carbocycles. The van der Waals surface area contributed by atoms with E-state index in [-0.39, 0.29) is 32.0 Å². The Labute approximate surface area is 264 Å². The smallest absolute Gasteiger partial charge is 0.170 e. The summed E-state index contributed by atoms with van der Waals surface area (Å²) in [5.41, 5.74) is 0.816. The molecule has 0 radical (unpaired) electrons. The fourth-order valence-corrected chi connectivity index (χ4v) is 6.20. The van der Waals surface area contributed by atoms with Gasteiger partial charge >= 0.3 is 0 Å². The summed E-state index contributed by atoms with van der Waals surface area (Å²) in [6.45, 7) is 2.88. The summed E-state index contributed by atoms with van der Waals surface area (Å²) in [4.78, 5) is 12.9. The van der Waals surface area contributed by atoms with E-state index in [4.69, 9.17) is 23.7 Å². The molecule has 6 rings (SSSR count). The Morgan fingerprint density at radius 2 is 1.07 bits per heavy atom. The molecule has 1 aliphatic carbocycles. The summed E-state index contributed by atoms with van der Waals surface area (Å²) < 4.78 is 33.0. The number of Topliss-reactive ketones (excluding diaryl/α,β-unsaturated/α-hetero) is 1. The molecule has 45 heavy (non-hydrogen) atoms. The number of rotatable bonds is 13. The van der Waals surface area contributed by atoms with Gasteiger partial charge in [-0.15, -0.1) is 0 Å². The van der Waals surface area contributed by atoms with Crippen molar-refractivity contribution in [2.75, 3.05) is 6.61 Å².